The predicted octanol–water partition coefficient (Wildman–Crippen LogP) is 25.2. The van der Waals surface area contributed by atoms with Gasteiger partial charge in [0, 0.05) is 25.7 Å². The van der Waals surface area contributed by atoms with Crippen LogP contribution >= 0.6 is 15.6 Å². The molecule has 0 saturated carbocycles. The summed E-state index contributed by atoms with van der Waals surface area (Å²) in [4.78, 5) is 73.1. The van der Waals surface area contributed by atoms with Crippen molar-refractivity contribution in [2.45, 2.75) is 464 Å². The van der Waals surface area contributed by atoms with Gasteiger partial charge in [-0.3, -0.25) is 37.3 Å². The van der Waals surface area contributed by atoms with E-state index in [4.69, 9.17) is 37.0 Å². The van der Waals surface area contributed by atoms with Gasteiger partial charge in [-0.2, -0.15) is 0 Å². The Morgan fingerprint density at radius 1 is 0.265 bits per heavy atom. The Morgan fingerprint density at radius 2 is 0.451 bits per heavy atom. The molecule has 3 N–H and O–H groups in total. The van der Waals surface area contributed by atoms with Crippen LogP contribution in [-0.2, 0) is 65.4 Å². The summed E-state index contributed by atoms with van der Waals surface area (Å²) in [6, 6.07) is 0. The van der Waals surface area contributed by atoms with E-state index >= 15 is 0 Å². The lowest BCUT2D eigenvalue weighted by Gasteiger charge is -2.21. The Bertz CT molecular complexity index is 1940. The Labute approximate surface area is 626 Å². The van der Waals surface area contributed by atoms with Crippen molar-refractivity contribution in [1.29, 1.82) is 0 Å². The quantitative estimate of drug-likeness (QED) is 0.0222. The van der Waals surface area contributed by atoms with Gasteiger partial charge < -0.3 is 33.8 Å². The maximum atomic E-state index is 13.1. The monoisotopic (exact) mass is 1490 g/mol. The van der Waals surface area contributed by atoms with Crippen molar-refractivity contribution in [3.05, 3.63) is 0 Å². The number of phosphoric ester groups is 2. The second-order valence-electron chi connectivity index (χ2n) is 30.3. The molecule has 0 rings (SSSR count). The van der Waals surface area contributed by atoms with Gasteiger partial charge in [0.2, 0.25) is 0 Å². The first-order valence-electron chi connectivity index (χ1n) is 43.1. The van der Waals surface area contributed by atoms with Crippen molar-refractivity contribution < 1.29 is 80.2 Å². The minimum absolute atomic E-state index is 0.108. The van der Waals surface area contributed by atoms with Crippen LogP contribution in [0.5, 0.6) is 0 Å². The fourth-order valence-corrected chi connectivity index (χ4v) is 14.5. The summed E-state index contributed by atoms with van der Waals surface area (Å²) in [7, 11) is -9.92. The Morgan fingerprint density at radius 3 is 0.667 bits per heavy atom. The van der Waals surface area contributed by atoms with E-state index < -0.39 is 97.5 Å². The molecule has 5 atom stereocenters. The van der Waals surface area contributed by atoms with Gasteiger partial charge in [-0.15, -0.1) is 0 Å². The second-order valence-corrected chi connectivity index (χ2v) is 33.3. The van der Waals surface area contributed by atoms with Crippen molar-refractivity contribution in [2.75, 3.05) is 39.6 Å². The van der Waals surface area contributed by atoms with E-state index in [1.807, 2.05) is 0 Å². The van der Waals surface area contributed by atoms with Crippen molar-refractivity contribution >= 4 is 39.5 Å². The molecule has 0 aromatic rings. The van der Waals surface area contributed by atoms with Crippen molar-refractivity contribution in [3.8, 4) is 0 Å². The number of phosphoric acid groups is 2. The van der Waals surface area contributed by atoms with Gasteiger partial charge in [-0.1, -0.05) is 394 Å². The molecular formula is C83H162O17P2. The molecule has 0 saturated heterocycles. The third-order valence-electron chi connectivity index (χ3n) is 19.5. The number of aliphatic hydroxyl groups excluding tert-OH is 1. The third kappa shape index (κ3) is 76.3. The smallest absolute Gasteiger partial charge is 0.462 e. The van der Waals surface area contributed by atoms with E-state index in [9.17, 15) is 43.2 Å². The zero-order valence-electron chi connectivity index (χ0n) is 66.8. The highest BCUT2D eigenvalue weighted by molar-refractivity contribution is 7.47. The molecule has 606 valence electrons. The number of unbranched alkanes of at least 4 members (excludes halogenated alkanes) is 55. The number of hydrogen-bond donors (Lipinski definition) is 3. The van der Waals surface area contributed by atoms with Crippen LogP contribution in [-0.4, -0.2) is 96.7 Å². The van der Waals surface area contributed by atoms with E-state index in [1.54, 1.807) is 0 Å². The van der Waals surface area contributed by atoms with E-state index in [0.29, 0.717) is 25.7 Å². The number of aliphatic hydroxyl groups is 1. The zero-order valence-corrected chi connectivity index (χ0v) is 68.5. The highest BCUT2D eigenvalue weighted by Crippen LogP contribution is 2.45. The minimum Gasteiger partial charge on any atom is -0.462 e. The molecule has 0 aliphatic heterocycles. The molecular weight excluding hydrogens is 1330 g/mol. The first-order valence-corrected chi connectivity index (χ1v) is 46.1. The summed E-state index contributed by atoms with van der Waals surface area (Å²) in [6.07, 6.45) is 67.9. The van der Waals surface area contributed by atoms with Crippen LogP contribution in [0.15, 0.2) is 0 Å². The number of rotatable bonds is 83. The molecule has 0 heterocycles. The highest BCUT2D eigenvalue weighted by atomic mass is 31.2. The molecule has 0 spiro atoms. The molecule has 0 aliphatic carbocycles. The lowest BCUT2D eigenvalue weighted by molar-refractivity contribution is -0.161. The zero-order chi connectivity index (χ0) is 74.8. The van der Waals surface area contributed by atoms with Crippen molar-refractivity contribution in [1.82, 2.24) is 0 Å². The maximum Gasteiger partial charge on any atom is 0.472 e. The van der Waals surface area contributed by atoms with E-state index in [0.717, 1.165) is 95.8 Å². The van der Waals surface area contributed by atoms with Gasteiger partial charge in [0.25, 0.3) is 0 Å². The number of carbonyl (C=O) groups is 4. The maximum absolute atomic E-state index is 13.1. The van der Waals surface area contributed by atoms with Gasteiger partial charge in [0.15, 0.2) is 12.2 Å². The van der Waals surface area contributed by atoms with Gasteiger partial charge in [0.1, 0.15) is 19.3 Å². The second kappa shape index (κ2) is 75.9. The van der Waals surface area contributed by atoms with Crippen LogP contribution in [0.25, 0.3) is 0 Å². The molecule has 19 heteroatoms. The normalized spacial score (nSPS) is 13.8. The van der Waals surface area contributed by atoms with Crippen molar-refractivity contribution in [2.24, 2.45) is 5.92 Å². The topological polar surface area (TPSA) is 237 Å². The summed E-state index contributed by atoms with van der Waals surface area (Å²) in [5, 5.41) is 10.7. The lowest BCUT2D eigenvalue weighted by atomic mass is 10.0. The van der Waals surface area contributed by atoms with Crippen LogP contribution in [0.1, 0.15) is 446 Å². The summed E-state index contributed by atoms with van der Waals surface area (Å²) in [5.41, 5.74) is 0. The van der Waals surface area contributed by atoms with Crippen LogP contribution in [0.2, 0.25) is 0 Å². The SMILES string of the molecule is CCCCCCCCCCCCCCCCCCCCCCC(=O)O[C@H](COC(=O)CCCCCCCCCCCCCCCCC)COP(=O)(O)OC[C@@H](O)COP(=O)(O)OC[C@@H](COC(=O)CCCCCCCCCCCC(C)C)OC(=O)CCCCCCCCCCCCCCCCC. The fourth-order valence-electron chi connectivity index (χ4n) is 12.9. The van der Waals surface area contributed by atoms with E-state index in [1.165, 1.54) is 270 Å². The first-order chi connectivity index (χ1) is 49.5. The summed E-state index contributed by atoms with van der Waals surface area (Å²) < 4.78 is 68.8. The molecule has 2 unspecified atom stereocenters. The average molecular weight is 1490 g/mol. The highest BCUT2D eigenvalue weighted by Gasteiger charge is 2.30. The van der Waals surface area contributed by atoms with Crippen LogP contribution in [0, 0.1) is 5.92 Å². The molecule has 0 amide bonds. The van der Waals surface area contributed by atoms with Crippen LogP contribution in [0.3, 0.4) is 0 Å². The van der Waals surface area contributed by atoms with E-state index in [2.05, 4.69) is 34.6 Å². The summed E-state index contributed by atoms with van der Waals surface area (Å²) in [5.74, 6) is -1.36. The molecule has 0 bridgehead atoms. The predicted molar refractivity (Wildman–Crippen MR) is 418 cm³/mol. The van der Waals surface area contributed by atoms with Crippen LogP contribution in [0.4, 0.5) is 0 Å². The average Bonchev–Trinajstić information content (AvgIpc) is 1.00. The standard InChI is InChI=1S/C83H162O17P2/c1-6-9-12-15-18-21-24-27-30-31-32-33-34-37-40-43-48-54-59-64-69-83(88)99-78(72-93-80(85)66-61-56-51-46-41-38-35-28-25-22-19-16-13-10-7-2)74-97-101(89,90)95-70-77(84)71-96-102(91,92)98-75-79(73-94-81(86)67-62-57-52-49-44-45-50-55-60-65-76(4)5)100-82(87)68-63-58-53-47-42-39-36-29-26-23-20-17-14-11-8-3/h76-79,84H,6-75H2,1-5H3,(H,89,90)(H,91,92)/t77-,78-,79-/m1/s1. The first kappa shape index (κ1) is 100. The number of ether oxygens (including phenoxy) is 4. The Kier molecular flexibility index (Phi) is 74.4. The molecule has 0 aromatic heterocycles. The number of hydrogen-bond acceptors (Lipinski definition) is 15. The summed E-state index contributed by atoms with van der Waals surface area (Å²) in [6.45, 7) is 7.33. The van der Waals surface area contributed by atoms with Crippen LogP contribution < -0.4 is 0 Å². The van der Waals surface area contributed by atoms with Crippen molar-refractivity contribution in [3.63, 3.8) is 0 Å². The third-order valence-corrected chi connectivity index (χ3v) is 21.4. The Hall–Kier alpha value is -1.94. The molecule has 0 radical (unpaired) electrons. The number of carbonyl (C=O) groups excluding carboxylic acids is 4. The molecule has 17 nitrogen and oxygen atoms in total. The largest absolute Gasteiger partial charge is 0.472 e. The molecule has 0 fully saturated rings. The molecule has 102 heavy (non-hydrogen) atoms. The van der Waals surface area contributed by atoms with Gasteiger partial charge in [-0.25, -0.2) is 9.13 Å². The van der Waals surface area contributed by atoms with E-state index in [-0.39, 0.29) is 25.7 Å². The van der Waals surface area contributed by atoms with Gasteiger partial charge in [0.05, 0.1) is 26.4 Å². The lowest BCUT2D eigenvalue weighted by Crippen LogP contribution is -2.30. The summed E-state index contributed by atoms with van der Waals surface area (Å²) >= 11 is 0. The van der Waals surface area contributed by atoms with Gasteiger partial charge >= 0.3 is 39.5 Å². The Balaban J connectivity index is 5.25. The molecule has 0 aliphatic rings. The molecule has 0 aromatic carbocycles. The van der Waals surface area contributed by atoms with Gasteiger partial charge in [-0.05, 0) is 31.6 Å². The number of esters is 4. The minimum atomic E-state index is -4.96. The fraction of sp³-hybridized carbons (Fsp3) is 0.952.